The number of rotatable bonds is 6. The van der Waals surface area contributed by atoms with Gasteiger partial charge in [0.25, 0.3) is 5.91 Å². The van der Waals surface area contributed by atoms with Crippen molar-refractivity contribution in [2.24, 2.45) is 0 Å². The van der Waals surface area contributed by atoms with Gasteiger partial charge >= 0.3 is 0 Å². The minimum absolute atomic E-state index is 0.269. The zero-order chi connectivity index (χ0) is 18.7. The number of aliphatic hydroxyl groups is 2. The highest BCUT2D eigenvalue weighted by atomic mass is 19.1. The smallest absolute Gasteiger partial charge is 0.251 e. The fraction of sp³-hybridized carbons (Fsp3) is 0.350. The van der Waals surface area contributed by atoms with E-state index < -0.39 is 11.6 Å². The third kappa shape index (κ3) is 4.03. The number of fused-ring (bicyclic) bond motifs is 1. The number of ether oxygens (including phenoxy) is 1. The Kier molecular flexibility index (Phi) is 5.25. The third-order valence-corrected chi connectivity index (χ3v) is 4.51. The van der Waals surface area contributed by atoms with Crippen LogP contribution in [0.3, 0.4) is 0 Å². The van der Waals surface area contributed by atoms with E-state index in [-0.39, 0.29) is 24.9 Å². The van der Waals surface area contributed by atoms with Crippen LogP contribution in [0.1, 0.15) is 28.4 Å². The van der Waals surface area contributed by atoms with E-state index >= 15 is 0 Å². The first kappa shape index (κ1) is 18.4. The van der Waals surface area contributed by atoms with Gasteiger partial charge in [-0.1, -0.05) is 12.1 Å². The Bertz CT molecular complexity index is 789. The van der Waals surface area contributed by atoms with Gasteiger partial charge in [-0.25, -0.2) is 4.39 Å². The van der Waals surface area contributed by atoms with Gasteiger partial charge in [0, 0.05) is 18.4 Å². The van der Waals surface area contributed by atoms with Crippen molar-refractivity contribution in [1.29, 1.82) is 0 Å². The maximum absolute atomic E-state index is 13.1. The lowest BCUT2D eigenvalue weighted by molar-refractivity contribution is 0.0879. The summed E-state index contributed by atoms with van der Waals surface area (Å²) in [4.78, 5) is 12.2. The summed E-state index contributed by atoms with van der Waals surface area (Å²) < 4.78 is 19.2. The lowest BCUT2D eigenvalue weighted by atomic mass is 9.91. The van der Waals surface area contributed by atoms with Crippen molar-refractivity contribution in [3.63, 3.8) is 0 Å². The van der Waals surface area contributed by atoms with E-state index in [1.807, 2.05) is 6.92 Å². The Morgan fingerprint density at radius 3 is 2.58 bits per heavy atom. The number of nitrogens with one attached hydrogen (secondary N) is 1. The van der Waals surface area contributed by atoms with E-state index in [0.29, 0.717) is 18.4 Å². The summed E-state index contributed by atoms with van der Waals surface area (Å²) in [7, 11) is 0. The Labute approximate surface area is 151 Å². The molecule has 1 amide bonds. The van der Waals surface area contributed by atoms with Crippen LogP contribution in [0.4, 0.5) is 4.39 Å². The summed E-state index contributed by atoms with van der Waals surface area (Å²) >= 11 is 0. The van der Waals surface area contributed by atoms with Crippen LogP contribution in [0.5, 0.6) is 5.75 Å². The molecule has 0 saturated heterocycles. The average molecular weight is 359 g/mol. The van der Waals surface area contributed by atoms with Gasteiger partial charge in [-0.15, -0.1) is 0 Å². The lowest BCUT2D eigenvalue weighted by Gasteiger charge is -2.24. The van der Waals surface area contributed by atoms with E-state index in [9.17, 15) is 9.18 Å². The van der Waals surface area contributed by atoms with Crippen LogP contribution in [0.25, 0.3) is 0 Å². The van der Waals surface area contributed by atoms with Crippen molar-refractivity contribution in [3.8, 4) is 5.75 Å². The molecule has 2 aromatic rings. The van der Waals surface area contributed by atoms with E-state index in [0.717, 1.165) is 16.9 Å². The zero-order valence-corrected chi connectivity index (χ0v) is 14.5. The molecule has 3 rings (SSSR count). The highest BCUT2D eigenvalue weighted by molar-refractivity contribution is 5.94. The maximum Gasteiger partial charge on any atom is 0.251 e. The highest BCUT2D eigenvalue weighted by Crippen LogP contribution is 2.37. The maximum atomic E-state index is 13.1. The molecule has 1 aliphatic heterocycles. The second-order valence-corrected chi connectivity index (χ2v) is 6.89. The van der Waals surface area contributed by atoms with Crippen LogP contribution in [0.2, 0.25) is 0 Å². The molecule has 0 radical (unpaired) electrons. The second kappa shape index (κ2) is 7.43. The predicted octanol–water partition coefficient (Wildman–Crippen LogP) is 1.84. The number of carbonyl (C=O) groups is 1. The number of carbonyl (C=O) groups excluding carboxylic acids is 1. The Morgan fingerprint density at radius 1 is 1.23 bits per heavy atom. The van der Waals surface area contributed by atoms with Crippen LogP contribution in [-0.4, -0.2) is 41.0 Å². The van der Waals surface area contributed by atoms with Gasteiger partial charge in [-0.2, -0.15) is 0 Å². The lowest BCUT2D eigenvalue weighted by Crippen LogP contribution is -2.40. The van der Waals surface area contributed by atoms with Crippen LogP contribution in [-0.2, 0) is 12.8 Å². The van der Waals surface area contributed by atoms with Gasteiger partial charge in [0.2, 0.25) is 0 Å². The molecule has 1 heterocycles. The van der Waals surface area contributed by atoms with Gasteiger partial charge in [-0.05, 0) is 48.4 Å². The molecule has 0 unspecified atom stereocenters. The summed E-state index contributed by atoms with van der Waals surface area (Å²) in [5, 5.41) is 20.7. The Morgan fingerprint density at radius 2 is 1.92 bits per heavy atom. The highest BCUT2D eigenvalue weighted by Gasteiger charge is 2.35. The van der Waals surface area contributed by atoms with Crippen molar-refractivity contribution in [2.75, 3.05) is 13.2 Å². The standard InChI is InChI=1S/C20H22FNO4/c1-20(9-13-2-5-16(21)6-3-13)10-15-8-14(4-7-18(15)26-20)19(25)22-17(11-23)12-24/h2-8,17,23-24H,9-12H2,1H3,(H,22,25)/t20-/m1/s1. The first-order chi connectivity index (χ1) is 12.4. The van der Waals surface area contributed by atoms with E-state index in [4.69, 9.17) is 14.9 Å². The molecule has 2 aromatic carbocycles. The topological polar surface area (TPSA) is 78.8 Å². The minimum Gasteiger partial charge on any atom is -0.487 e. The van der Waals surface area contributed by atoms with Crippen molar-refractivity contribution in [2.45, 2.75) is 31.4 Å². The molecule has 5 nitrogen and oxygen atoms in total. The third-order valence-electron chi connectivity index (χ3n) is 4.51. The van der Waals surface area contributed by atoms with E-state index in [2.05, 4.69) is 5.32 Å². The van der Waals surface area contributed by atoms with Gasteiger partial charge in [0.1, 0.15) is 17.2 Å². The van der Waals surface area contributed by atoms with E-state index in [1.54, 1.807) is 30.3 Å². The van der Waals surface area contributed by atoms with Crippen LogP contribution < -0.4 is 10.1 Å². The molecule has 1 aliphatic rings. The normalized spacial score (nSPS) is 18.5. The molecule has 0 aromatic heterocycles. The molecule has 0 saturated carbocycles. The van der Waals surface area contributed by atoms with Gasteiger partial charge in [0.05, 0.1) is 19.3 Å². The summed E-state index contributed by atoms with van der Waals surface area (Å²) in [5.41, 5.74) is 1.89. The average Bonchev–Trinajstić information content (AvgIpc) is 2.96. The summed E-state index contributed by atoms with van der Waals surface area (Å²) in [6.45, 7) is 1.34. The molecule has 138 valence electrons. The summed E-state index contributed by atoms with van der Waals surface area (Å²) in [6, 6.07) is 10.9. The Hall–Kier alpha value is -2.44. The Balaban J connectivity index is 1.72. The first-order valence-corrected chi connectivity index (χ1v) is 8.51. The quantitative estimate of drug-likeness (QED) is 0.735. The van der Waals surface area contributed by atoms with Crippen LogP contribution in [0, 0.1) is 5.82 Å². The molecular weight excluding hydrogens is 337 g/mol. The van der Waals surface area contributed by atoms with Crippen molar-refractivity contribution in [3.05, 3.63) is 65.0 Å². The van der Waals surface area contributed by atoms with Crippen molar-refractivity contribution >= 4 is 5.91 Å². The van der Waals surface area contributed by atoms with Gasteiger partial charge < -0.3 is 20.3 Å². The number of amides is 1. The van der Waals surface area contributed by atoms with Gasteiger partial charge in [0.15, 0.2) is 0 Å². The molecule has 0 aliphatic carbocycles. The van der Waals surface area contributed by atoms with Crippen molar-refractivity contribution < 1.29 is 24.1 Å². The minimum atomic E-state index is -0.684. The SMILES string of the molecule is C[C@@]1(Cc2ccc(F)cc2)Cc2cc(C(=O)NC(CO)CO)ccc2O1. The largest absolute Gasteiger partial charge is 0.487 e. The fourth-order valence-corrected chi connectivity index (χ4v) is 3.21. The molecule has 6 heteroatoms. The van der Waals surface area contributed by atoms with E-state index in [1.165, 1.54) is 12.1 Å². The number of hydrogen-bond acceptors (Lipinski definition) is 4. The summed E-state index contributed by atoms with van der Waals surface area (Å²) in [5.74, 6) is 0.106. The number of halogens is 1. The molecule has 0 spiro atoms. The predicted molar refractivity (Wildman–Crippen MR) is 94.7 cm³/mol. The molecule has 1 atom stereocenters. The number of benzene rings is 2. The molecule has 0 bridgehead atoms. The fourth-order valence-electron chi connectivity index (χ4n) is 3.21. The van der Waals surface area contributed by atoms with Crippen LogP contribution >= 0.6 is 0 Å². The monoisotopic (exact) mass is 359 g/mol. The number of hydrogen-bond donors (Lipinski definition) is 3. The van der Waals surface area contributed by atoms with Gasteiger partial charge in [-0.3, -0.25) is 4.79 Å². The molecule has 3 N–H and O–H groups in total. The summed E-state index contributed by atoms with van der Waals surface area (Å²) in [6.07, 6.45) is 1.25. The van der Waals surface area contributed by atoms with Crippen molar-refractivity contribution in [1.82, 2.24) is 5.32 Å². The molecular formula is C20H22FNO4. The zero-order valence-electron chi connectivity index (χ0n) is 14.5. The first-order valence-electron chi connectivity index (χ1n) is 8.51. The molecule has 0 fully saturated rings. The molecule has 26 heavy (non-hydrogen) atoms. The van der Waals surface area contributed by atoms with Crippen LogP contribution in [0.15, 0.2) is 42.5 Å². The second-order valence-electron chi connectivity index (χ2n) is 6.89. The number of aliphatic hydroxyl groups excluding tert-OH is 2.